The zero-order chi connectivity index (χ0) is 23.8. The normalized spacial score (nSPS) is 19.1. The summed E-state index contributed by atoms with van der Waals surface area (Å²) >= 11 is 0. The summed E-state index contributed by atoms with van der Waals surface area (Å²) in [6.07, 6.45) is 2.53. The lowest BCUT2D eigenvalue weighted by Gasteiger charge is -2.35. The average molecular weight is 463 g/mol. The number of nitrogens with zero attached hydrogens (tertiary/aromatic N) is 3. The molecule has 0 bridgehead atoms. The maximum atomic E-state index is 13.6. The molecule has 1 aliphatic carbocycles. The molecule has 0 saturated carbocycles. The van der Waals surface area contributed by atoms with E-state index in [1.54, 1.807) is 33.1 Å². The lowest BCUT2D eigenvalue weighted by Crippen LogP contribution is -2.33. The number of rotatable bonds is 6. The molecule has 2 aliphatic rings. The van der Waals surface area contributed by atoms with Gasteiger partial charge in [-0.1, -0.05) is 12.1 Å². The average Bonchev–Trinajstić information content (AvgIpc) is 3.34. The Hall–Kier alpha value is -4.01. The first-order valence-electron chi connectivity index (χ1n) is 10.9. The van der Waals surface area contributed by atoms with E-state index >= 15 is 0 Å². The molecule has 0 spiro atoms. The highest BCUT2D eigenvalue weighted by molar-refractivity contribution is 6.00. The Morgan fingerprint density at radius 3 is 2.12 bits per heavy atom. The zero-order valence-corrected chi connectivity index (χ0v) is 19.5. The largest absolute Gasteiger partial charge is 0.493 e. The van der Waals surface area contributed by atoms with Gasteiger partial charge < -0.3 is 24.3 Å². The third-order valence-corrected chi connectivity index (χ3v) is 6.46. The molecule has 34 heavy (non-hydrogen) atoms. The van der Waals surface area contributed by atoms with Crippen molar-refractivity contribution in [1.82, 2.24) is 14.8 Å². The summed E-state index contributed by atoms with van der Waals surface area (Å²) in [5.74, 6) is 3.18. The summed E-state index contributed by atoms with van der Waals surface area (Å²) < 4.78 is 23.5. The third-order valence-electron chi connectivity index (χ3n) is 6.46. The number of nitrogens with one attached hydrogen (secondary N) is 1. The molecule has 0 saturated heterocycles. The number of hydrogen-bond donors (Lipinski definition) is 1. The van der Waals surface area contributed by atoms with Gasteiger partial charge in [0.1, 0.15) is 12.4 Å². The van der Waals surface area contributed by atoms with Gasteiger partial charge in [-0.15, -0.1) is 0 Å². The number of ether oxygens (including phenoxy) is 4. The number of fused-ring (bicyclic) bond motifs is 1. The van der Waals surface area contributed by atoms with Crippen LogP contribution in [-0.2, 0) is 4.79 Å². The Morgan fingerprint density at radius 1 is 0.853 bits per heavy atom. The highest BCUT2D eigenvalue weighted by atomic mass is 16.5. The number of carbonyl (C=O) groups excluding carboxylic acids is 1. The highest BCUT2D eigenvalue weighted by Gasteiger charge is 2.39. The summed E-state index contributed by atoms with van der Waals surface area (Å²) in [7, 11) is 6.40. The van der Waals surface area contributed by atoms with Gasteiger partial charge in [-0.2, -0.15) is 10.1 Å². The monoisotopic (exact) mass is 462 g/mol. The lowest BCUT2D eigenvalue weighted by atomic mass is 9.78. The van der Waals surface area contributed by atoms with E-state index in [1.807, 2.05) is 36.4 Å². The number of anilines is 1. The molecule has 2 aromatic carbocycles. The van der Waals surface area contributed by atoms with Gasteiger partial charge in [0.25, 0.3) is 0 Å². The molecule has 0 radical (unpaired) electrons. The van der Waals surface area contributed by atoms with Crippen molar-refractivity contribution in [3.63, 3.8) is 0 Å². The molecule has 2 atom stereocenters. The summed E-state index contributed by atoms with van der Waals surface area (Å²) in [6.45, 7) is 0. The molecular weight excluding hydrogens is 436 g/mol. The van der Waals surface area contributed by atoms with Crippen LogP contribution in [0.5, 0.6) is 23.0 Å². The van der Waals surface area contributed by atoms with Crippen LogP contribution in [0.2, 0.25) is 0 Å². The maximum Gasteiger partial charge on any atom is 0.226 e. The molecule has 2 heterocycles. The number of hydrogen-bond acceptors (Lipinski definition) is 8. The van der Waals surface area contributed by atoms with Gasteiger partial charge in [-0.3, -0.25) is 4.79 Å². The van der Waals surface area contributed by atoms with Crippen molar-refractivity contribution in [2.24, 2.45) is 0 Å². The van der Waals surface area contributed by atoms with Gasteiger partial charge in [0.05, 0.1) is 28.4 Å². The van der Waals surface area contributed by atoms with E-state index < -0.39 is 6.04 Å². The molecule has 9 nitrogen and oxygen atoms in total. The smallest absolute Gasteiger partial charge is 0.226 e. The van der Waals surface area contributed by atoms with Crippen molar-refractivity contribution < 1.29 is 23.7 Å². The van der Waals surface area contributed by atoms with Crippen LogP contribution in [0, 0.1) is 0 Å². The molecule has 0 amide bonds. The van der Waals surface area contributed by atoms with Gasteiger partial charge in [0.2, 0.25) is 5.95 Å². The quantitative estimate of drug-likeness (QED) is 0.592. The maximum absolute atomic E-state index is 13.6. The van der Waals surface area contributed by atoms with Crippen molar-refractivity contribution in [1.29, 1.82) is 0 Å². The molecule has 5 rings (SSSR count). The van der Waals surface area contributed by atoms with Crippen LogP contribution in [0.1, 0.15) is 35.9 Å². The van der Waals surface area contributed by atoms with Crippen molar-refractivity contribution >= 4 is 11.7 Å². The predicted octanol–water partition coefficient (Wildman–Crippen LogP) is 3.73. The predicted molar refractivity (Wildman–Crippen MR) is 125 cm³/mol. The Morgan fingerprint density at radius 2 is 1.47 bits per heavy atom. The van der Waals surface area contributed by atoms with Gasteiger partial charge in [0.15, 0.2) is 28.8 Å². The fraction of sp³-hybridized carbons (Fsp3) is 0.320. The molecule has 0 unspecified atom stereocenters. The first-order chi connectivity index (χ1) is 16.6. The van der Waals surface area contributed by atoms with Gasteiger partial charge in [0, 0.05) is 17.7 Å². The van der Waals surface area contributed by atoms with E-state index in [2.05, 4.69) is 15.4 Å². The highest BCUT2D eigenvalue weighted by Crippen LogP contribution is 2.45. The first-order valence-corrected chi connectivity index (χ1v) is 10.9. The van der Waals surface area contributed by atoms with Crippen molar-refractivity contribution in [3.8, 4) is 23.0 Å². The van der Waals surface area contributed by atoms with Crippen LogP contribution >= 0.6 is 0 Å². The zero-order valence-electron chi connectivity index (χ0n) is 19.5. The second-order valence-corrected chi connectivity index (χ2v) is 8.21. The summed E-state index contributed by atoms with van der Waals surface area (Å²) in [6, 6.07) is 11.1. The Balaban J connectivity index is 1.56. The topological polar surface area (TPSA) is 96.7 Å². The summed E-state index contributed by atoms with van der Waals surface area (Å²) in [4.78, 5) is 18.0. The van der Waals surface area contributed by atoms with Crippen LogP contribution in [-0.4, -0.2) is 49.0 Å². The second kappa shape index (κ2) is 8.74. The van der Waals surface area contributed by atoms with Crippen LogP contribution in [0.4, 0.5) is 5.95 Å². The molecule has 3 aromatic rings. The van der Waals surface area contributed by atoms with E-state index in [0.717, 1.165) is 16.8 Å². The molecule has 0 fully saturated rings. The first kappa shape index (κ1) is 21.8. The lowest BCUT2D eigenvalue weighted by molar-refractivity contribution is -0.116. The summed E-state index contributed by atoms with van der Waals surface area (Å²) in [5, 5.41) is 7.76. The van der Waals surface area contributed by atoms with Gasteiger partial charge in [-0.25, -0.2) is 4.68 Å². The SMILES string of the molecule is COc1ccc([C@H]2CC(=O)C3=C(C2)Nc2ncnn2[C@H]3c2ccc(OC)c(OC)c2)cc1OC. The minimum atomic E-state index is -0.410. The minimum absolute atomic E-state index is 0.000851. The number of allylic oxidation sites excluding steroid dienone is 2. The molecule has 1 N–H and O–H groups in total. The van der Waals surface area contributed by atoms with Crippen LogP contribution in [0.15, 0.2) is 54.0 Å². The number of benzene rings is 2. The fourth-order valence-electron chi connectivity index (χ4n) is 4.83. The number of ketones is 1. The fourth-order valence-corrected chi connectivity index (χ4v) is 4.83. The summed E-state index contributed by atoms with van der Waals surface area (Å²) in [5.41, 5.74) is 3.45. The second-order valence-electron chi connectivity index (χ2n) is 8.21. The van der Waals surface area contributed by atoms with Crippen molar-refractivity contribution in [3.05, 3.63) is 65.1 Å². The molecule has 1 aliphatic heterocycles. The van der Waals surface area contributed by atoms with E-state index in [0.29, 0.717) is 47.4 Å². The van der Waals surface area contributed by atoms with Crippen LogP contribution in [0.3, 0.4) is 0 Å². The number of methoxy groups -OCH3 is 4. The van der Waals surface area contributed by atoms with Crippen LogP contribution in [0.25, 0.3) is 0 Å². The van der Waals surface area contributed by atoms with E-state index in [-0.39, 0.29) is 11.7 Å². The molecule has 9 heteroatoms. The Bertz CT molecular complexity index is 1280. The van der Waals surface area contributed by atoms with E-state index in [4.69, 9.17) is 18.9 Å². The minimum Gasteiger partial charge on any atom is -0.493 e. The van der Waals surface area contributed by atoms with E-state index in [9.17, 15) is 4.79 Å². The van der Waals surface area contributed by atoms with Gasteiger partial charge >= 0.3 is 0 Å². The molecule has 176 valence electrons. The Labute approximate surface area is 197 Å². The number of aromatic nitrogens is 3. The molecule has 1 aromatic heterocycles. The number of Topliss-reactive ketones (excluding diaryl/α,β-unsaturated/α-hetero) is 1. The van der Waals surface area contributed by atoms with E-state index in [1.165, 1.54) is 6.33 Å². The third kappa shape index (κ3) is 3.53. The van der Waals surface area contributed by atoms with Crippen molar-refractivity contribution in [2.45, 2.75) is 24.8 Å². The van der Waals surface area contributed by atoms with Crippen LogP contribution < -0.4 is 24.3 Å². The molecular formula is C25H26N4O5. The number of carbonyl (C=O) groups is 1. The standard InChI is InChI=1S/C25H26N4O5/c1-31-19-7-5-14(11-21(19)33-3)16-9-17-23(18(30)10-16)24(29-25(28-17)26-13-27-29)15-6-8-20(32-2)22(12-15)34-4/h5-8,11-13,16,24H,9-10H2,1-4H3,(H,26,27,28)/t16-,24+/m1/s1. The van der Waals surface area contributed by atoms with Crippen molar-refractivity contribution in [2.75, 3.05) is 33.8 Å². The van der Waals surface area contributed by atoms with Gasteiger partial charge in [-0.05, 0) is 47.7 Å². The Kier molecular flexibility index (Phi) is 5.61.